The van der Waals surface area contributed by atoms with Crippen LogP contribution in [-0.4, -0.2) is 15.0 Å². The fourth-order valence-electron chi connectivity index (χ4n) is 3.76. The number of aryl methyl sites for hydroxylation is 1. The zero-order valence-corrected chi connectivity index (χ0v) is 18.5. The van der Waals surface area contributed by atoms with Crippen molar-refractivity contribution in [1.29, 1.82) is 0 Å². The Morgan fingerprint density at radius 1 is 0.906 bits per heavy atom. The first-order valence-electron chi connectivity index (χ1n) is 10.4. The van der Waals surface area contributed by atoms with E-state index in [0.29, 0.717) is 5.82 Å². The van der Waals surface area contributed by atoms with Gasteiger partial charge in [0.05, 0.1) is 21.4 Å². The average Bonchev–Trinajstić information content (AvgIpc) is 3.27. The van der Waals surface area contributed by atoms with Crippen LogP contribution in [0.5, 0.6) is 0 Å². The summed E-state index contributed by atoms with van der Waals surface area (Å²) in [6.07, 6.45) is 0. The molecule has 0 saturated carbocycles. The van der Waals surface area contributed by atoms with Crippen LogP contribution in [0.1, 0.15) is 25.8 Å². The van der Waals surface area contributed by atoms with Crippen molar-refractivity contribution in [2.45, 2.75) is 19.9 Å². The molecule has 0 saturated heterocycles. The molecule has 0 spiro atoms. The van der Waals surface area contributed by atoms with Gasteiger partial charge in [-0.15, -0.1) is 11.3 Å². The standard InChI is InChI=1S/C26H21FN4S.H2/c1-16(18-5-3-6-19(11-18)20-7-4-8-22(27)12-20)29-26-14-24(30-17(2)31-26)21-9-10-23-25(13-21)32-15-28-23;/h3-16H,1-2H3,(H,29,30,31);1H. The fourth-order valence-corrected chi connectivity index (χ4v) is 4.48. The number of hydrogen-bond donors (Lipinski definition) is 1. The van der Waals surface area contributed by atoms with Gasteiger partial charge in [0.1, 0.15) is 17.5 Å². The highest BCUT2D eigenvalue weighted by Gasteiger charge is 2.11. The number of rotatable bonds is 5. The fraction of sp³-hybridized carbons (Fsp3) is 0.115. The predicted octanol–water partition coefficient (Wildman–Crippen LogP) is 7.29. The van der Waals surface area contributed by atoms with E-state index >= 15 is 0 Å². The Bertz CT molecular complexity index is 1420. The Kier molecular flexibility index (Phi) is 5.37. The van der Waals surface area contributed by atoms with E-state index in [-0.39, 0.29) is 13.3 Å². The van der Waals surface area contributed by atoms with Crippen LogP contribution in [0.25, 0.3) is 32.6 Å². The van der Waals surface area contributed by atoms with E-state index in [0.717, 1.165) is 44.0 Å². The molecule has 2 heterocycles. The third kappa shape index (κ3) is 4.22. The van der Waals surface area contributed by atoms with Crippen molar-refractivity contribution in [3.63, 3.8) is 0 Å². The maximum Gasteiger partial charge on any atom is 0.130 e. The molecule has 0 aliphatic carbocycles. The summed E-state index contributed by atoms with van der Waals surface area (Å²) in [6, 6.07) is 23.0. The van der Waals surface area contributed by atoms with Crippen LogP contribution in [-0.2, 0) is 0 Å². The van der Waals surface area contributed by atoms with Crippen LogP contribution in [0.2, 0.25) is 0 Å². The number of nitrogens with one attached hydrogen (secondary N) is 1. The summed E-state index contributed by atoms with van der Waals surface area (Å²) in [5.41, 5.74) is 7.69. The summed E-state index contributed by atoms with van der Waals surface area (Å²) in [5, 5.41) is 3.50. The third-order valence-corrected chi connectivity index (χ3v) is 6.17. The Hall–Kier alpha value is -3.64. The van der Waals surface area contributed by atoms with Crippen molar-refractivity contribution in [2.24, 2.45) is 0 Å². The lowest BCUT2D eigenvalue weighted by Gasteiger charge is -2.17. The summed E-state index contributed by atoms with van der Waals surface area (Å²) < 4.78 is 14.8. The monoisotopic (exact) mass is 442 g/mol. The van der Waals surface area contributed by atoms with Gasteiger partial charge in [0.2, 0.25) is 0 Å². The van der Waals surface area contributed by atoms with Gasteiger partial charge < -0.3 is 5.32 Å². The zero-order chi connectivity index (χ0) is 22.1. The molecule has 5 rings (SSSR count). The molecule has 4 nitrogen and oxygen atoms in total. The summed E-state index contributed by atoms with van der Waals surface area (Å²) in [7, 11) is 0. The molecule has 0 aliphatic rings. The van der Waals surface area contributed by atoms with Crippen LogP contribution in [0, 0.1) is 12.7 Å². The molecule has 3 aromatic carbocycles. The van der Waals surface area contributed by atoms with Gasteiger partial charge in [0.15, 0.2) is 0 Å². The van der Waals surface area contributed by atoms with Gasteiger partial charge in [-0.1, -0.05) is 36.4 Å². The highest BCUT2D eigenvalue weighted by Crippen LogP contribution is 2.29. The molecule has 6 heteroatoms. The van der Waals surface area contributed by atoms with Crippen molar-refractivity contribution in [2.75, 3.05) is 5.32 Å². The largest absolute Gasteiger partial charge is 0.363 e. The first-order valence-corrected chi connectivity index (χ1v) is 11.2. The molecule has 2 aromatic heterocycles. The Labute approximate surface area is 191 Å². The van der Waals surface area contributed by atoms with Gasteiger partial charge in [-0.3, -0.25) is 0 Å². The summed E-state index contributed by atoms with van der Waals surface area (Å²) in [6.45, 7) is 3.99. The lowest BCUT2D eigenvalue weighted by molar-refractivity contribution is 0.628. The molecular formula is C26H23FN4S. The molecule has 32 heavy (non-hydrogen) atoms. The van der Waals surface area contributed by atoms with Crippen molar-refractivity contribution < 1.29 is 5.82 Å². The summed E-state index contributed by atoms with van der Waals surface area (Å²) in [4.78, 5) is 13.6. The number of aromatic nitrogens is 3. The number of halogens is 1. The molecular weight excluding hydrogens is 419 g/mol. The van der Waals surface area contributed by atoms with Crippen LogP contribution >= 0.6 is 11.3 Å². The van der Waals surface area contributed by atoms with Crippen LogP contribution < -0.4 is 5.32 Å². The maximum atomic E-state index is 13.7. The summed E-state index contributed by atoms with van der Waals surface area (Å²) >= 11 is 1.62. The average molecular weight is 443 g/mol. The minimum absolute atomic E-state index is 0. The highest BCUT2D eigenvalue weighted by atomic mass is 32.1. The lowest BCUT2D eigenvalue weighted by atomic mass is 10.00. The second kappa shape index (κ2) is 8.48. The number of thiazole rings is 1. The van der Waals surface area contributed by atoms with Crippen molar-refractivity contribution in [1.82, 2.24) is 15.0 Å². The van der Waals surface area contributed by atoms with Gasteiger partial charge in [-0.25, -0.2) is 19.3 Å². The molecule has 1 atom stereocenters. The van der Waals surface area contributed by atoms with E-state index in [1.54, 1.807) is 23.5 Å². The quantitative estimate of drug-likeness (QED) is 0.310. The molecule has 1 N–H and O–H groups in total. The number of benzene rings is 3. The van der Waals surface area contributed by atoms with E-state index in [1.165, 1.54) is 6.07 Å². The maximum absolute atomic E-state index is 13.7. The van der Waals surface area contributed by atoms with Crippen LogP contribution in [0.15, 0.2) is 78.3 Å². The second-order valence-corrected chi connectivity index (χ2v) is 8.61. The number of hydrogen-bond acceptors (Lipinski definition) is 5. The number of anilines is 1. The predicted molar refractivity (Wildman–Crippen MR) is 131 cm³/mol. The smallest absolute Gasteiger partial charge is 0.130 e. The van der Waals surface area contributed by atoms with E-state index in [1.807, 2.05) is 48.8 Å². The first kappa shape index (κ1) is 20.3. The Morgan fingerprint density at radius 3 is 2.56 bits per heavy atom. The normalized spacial score (nSPS) is 12.1. The molecule has 1 unspecified atom stereocenters. The van der Waals surface area contributed by atoms with E-state index in [2.05, 4.69) is 45.4 Å². The molecule has 160 valence electrons. The van der Waals surface area contributed by atoms with E-state index < -0.39 is 0 Å². The highest BCUT2D eigenvalue weighted by molar-refractivity contribution is 7.16. The van der Waals surface area contributed by atoms with Crippen molar-refractivity contribution >= 4 is 27.4 Å². The molecule has 0 bridgehead atoms. The molecule has 0 amide bonds. The second-order valence-electron chi connectivity index (χ2n) is 7.72. The minimum Gasteiger partial charge on any atom is -0.363 e. The van der Waals surface area contributed by atoms with Gasteiger partial charge >= 0.3 is 0 Å². The Morgan fingerprint density at radius 2 is 1.72 bits per heavy atom. The van der Waals surface area contributed by atoms with Crippen LogP contribution in [0.3, 0.4) is 0 Å². The third-order valence-electron chi connectivity index (χ3n) is 5.37. The topological polar surface area (TPSA) is 50.7 Å². The van der Waals surface area contributed by atoms with Crippen molar-refractivity contribution in [3.8, 4) is 22.4 Å². The minimum atomic E-state index is -0.236. The zero-order valence-electron chi connectivity index (χ0n) is 17.7. The van der Waals surface area contributed by atoms with Gasteiger partial charge in [-0.2, -0.15) is 0 Å². The van der Waals surface area contributed by atoms with Crippen molar-refractivity contribution in [3.05, 3.63) is 95.5 Å². The lowest BCUT2D eigenvalue weighted by Crippen LogP contribution is -2.09. The summed E-state index contributed by atoms with van der Waals surface area (Å²) in [5.74, 6) is 1.23. The van der Waals surface area contributed by atoms with E-state index in [9.17, 15) is 4.39 Å². The molecule has 0 aliphatic heterocycles. The molecule has 0 fully saturated rings. The Balaban J connectivity index is 0.00000259. The van der Waals surface area contributed by atoms with E-state index in [4.69, 9.17) is 0 Å². The molecule has 5 aromatic rings. The SMILES string of the molecule is Cc1nc(NC(C)c2cccc(-c3cccc(F)c3)c2)cc(-c2ccc3ncsc3c2)n1.[HH]. The van der Waals surface area contributed by atoms with Gasteiger partial charge in [0.25, 0.3) is 0 Å². The van der Waals surface area contributed by atoms with Crippen LogP contribution in [0.4, 0.5) is 10.2 Å². The van der Waals surface area contributed by atoms with Gasteiger partial charge in [0, 0.05) is 19.1 Å². The number of fused-ring (bicyclic) bond motifs is 1. The van der Waals surface area contributed by atoms with Gasteiger partial charge in [-0.05, 0) is 60.9 Å². The number of nitrogens with zero attached hydrogens (tertiary/aromatic N) is 3. The molecule has 0 radical (unpaired) electrons. The first-order chi connectivity index (χ1) is 15.5.